The van der Waals surface area contributed by atoms with Crippen molar-refractivity contribution in [1.29, 1.82) is 0 Å². The Morgan fingerprint density at radius 3 is 2.75 bits per heavy atom. The van der Waals surface area contributed by atoms with E-state index >= 15 is 0 Å². The van der Waals surface area contributed by atoms with Gasteiger partial charge in [0, 0.05) is 5.69 Å². The molecular weight excluding hydrogens is 154 g/mol. The highest BCUT2D eigenvalue weighted by Gasteiger charge is 2.00. The van der Waals surface area contributed by atoms with E-state index < -0.39 is 0 Å². The van der Waals surface area contributed by atoms with Gasteiger partial charge in [0.25, 0.3) is 12.1 Å². The van der Waals surface area contributed by atoms with Crippen molar-refractivity contribution in [3.63, 3.8) is 0 Å². The Bertz CT molecular complexity index is 330. The van der Waals surface area contributed by atoms with Gasteiger partial charge in [-0.2, -0.15) is 0 Å². The Hall–Kier alpha value is -1.84. The second kappa shape index (κ2) is 3.04. The second-order valence-electron chi connectivity index (χ2n) is 2.31. The molecule has 0 fully saturated rings. The minimum atomic E-state index is 0.598. The summed E-state index contributed by atoms with van der Waals surface area (Å²) in [6.45, 7) is 0. The van der Waals surface area contributed by atoms with E-state index in [-0.39, 0.29) is 0 Å². The molecule has 4 nitrogen and oxygen atoms in total. The van der Waals surface area contributed by atoms with Crippen LogP contribution in [0.25, 0.3) is 0 Å². The van der Waals surface area contributed by atoms with Gasteiger partial charge in [0.05, 0.1) is 0 Å². The predicted octanol–water partition coefficient (Wildman–Crippen LogP) is 1.23. The molecule has 0 spiro atoms. The lowest BCUT2D eigenvalue weighted by Crippen LogP contribution is -1.96. The molecular formula is C8H8N3O+. The highest BCUT2D eigenvalue weighted by molar-refractivity contribution is 5.52. The summed E-state index contributed by atoms with van der Waals surface area (Å²) in [5.41, 5.74) is 0.975. The number of anilines is 2. The van der Waals surface area contributed by atoms with Gasteiger partial charge in [-0.3, -0.25) is 4.52 Å². The monoisotopic (exact) mass is 162 g/mol. The molecule has 60 valence electrons. The van der Waals surface area contributed by atoms with Crippen LogP contribution in [0.5, 0.6) is 0 Å². The van der Waals surface area contributed by atoms with E-state index in [1.165, 1.54) is 0 Å². The minimum Gasteiger partial charge on any atom is -0.319 e. The number of para-hydroxylation sites is 1. The first-order valence-corrected chi connectivity index (χ1v) is 3.60. The quantitative estimate of drug-likeness (QED) is 0.722. The first kappa shape index (κ1) is 6.84. The number of nitrogens with zero attached hydrogens (tertiary/aromatic N) is 1. The van der Waals surface area contributed by atoms with Crippen molar-refractivity contribution in [2.24, 2.45) is 0 Å². The number of H-pyrrole nitrogens is 1. The molecule has 0 saturated carbocycles. The molecule has 0 bridgehead atoms. The number of benzene rings is 1. The summed E-state index contributed by atoms with van der Waals surface area (Å²) in [6, 6.07) is 9.74. The highest BCUT2D eigenvalue weighted by atomic mass is 16.5. The highest BCUT2D eigenvalue weighted by Crippen LogP contribution is 2.12. The first-order valence-electron chi connectivity index (χ1n) is 3.60. The molecule has 2 aromatic rings. The number of aromatic amines is 1. The van der Waals surface area contributed by atoms with Crippen molar-refractivity contribution in [2.75, 3.05) is 5.32 Å². The van der Waals surface area contributed by atoms with Crippen LogP contribution in [0.15, 0.2) is 41.1 Å². The molecule has 1 aromatic carbocycles. The van der Waals surface area contributed by atoms with Crippen LogP contribution in [0, 0.1) is 0 Å². The molecule has 0 radical (unpaired) electrons. The van der Waals surface area contributed by atoms with Crippen molar-refractivity contribution in [1.82, 2.24) is 5.27 Å². The topological polar surface area (TPSA) is 52.2 Å². The van der Waals surface area contributed by atoms with E-state index in [0.29, 0.717) is 5.88 Å². The SMILES string of the molecule is c1ccc(Nc2c[nH+]no2)cc1. The fraction of sp³-hybridized carbons (Fsp3) is 0. The Balaban J connectivity index is 2.15. The number of aromatic nitrogens is 2. The fourth-order valence-electron chi connectivity index (χ4n) is 0.910. The van der Waals surface area contributed by atoms with Crippen molar-refractivity contribution in [3.8, 4) is 0 Å². The van der Waals surface area contributed by atoms with Gasteiger partial charge in [0.1, 0.15) is 0 Å². The molecule has 0 unspecified atom stereocenters. The maximum Gasteiger partial charge on any atom is 0.299 e. The largest absolute Gasteiger partial charge is 0.319 e. The number of rotatable bonds is 2. The third-order valence-electron chi connectivity index (χ3n) is 1.43. The van der Waals surface area contributed by atoms with E-state index in [1.54, 1.807) is 6.20 Å². The molecule has 1 aromatic heterocycles. The Kier molecular flexibility index (Phi) is 1.74. The van der Waals surface area contributed by atoms with Crippen LogP contribution in [-0.4, -0.2) is 5.27 Å². The van der Waals surface area contributed by atoms with Crippen molar-refractivity contribution >= 4 is 11.6 Å². The van der Waals surface area contributed by atoms with Crippen LogP contribution in [0.4, 0.5) is 11.6 Å². The lowest BCUT2D eigenvalue weighted by Gasteiger charge is -1.96. The molecule has 0 aliphatic carbocycles. The van der Waals surface area contributed by atoms with Gasteiger partial charge in [0.15, 0.2) is 5.27 Å². The normalized spacial score (nSPS) is 9.67. The Morgan fingerprint density at radius 2 is 2.08 bits per heavy atom. The standard InChI is InChI=1S/C8H7N3O/c1-2-4-7(5-3-1)10-8-6-9-11-12-8/h1-6,10H/p+1. The smallest absolute Gasteiger partial charge is 0.299 e. The summed E-state index contributed by atoms with van der Waals surface area (Å²) >= 11 is 0. The summed E-state index contributed by atoms with van der Waals surface area (Å²) in [6.07, 6.45) is 1.65. The maximum atomic E-state index is 4.82. The van der Waals surface area contributed by atoms with Crippen molar-refractivity contribution in [2.45, 2.75) is 0 Å². The van der Waals surface area contributed by atoms with E-state index in [0.717, 1.165) is 5.69 Å². The zero-order valence-corrected chi connectivity index (χ0v) is 6.32. The molecule has 0 saturated heterocycles. The van der Waals surface area contributed by atoms with Crippen molar-refractivity contribution in [3.05, 3.63) is 36.5 Å². The average Bonchev–Trinajstić information content (AvgIpc) is 2.59. The molecule has 1 heterocycles. The Labute approximate surface area is 69.2 Å². The molecule has 0 amide bonds. The van der Waals surface area contributed by atoms with Gasteiger partial charge in [-0.25, -0.2) is 0 Å². The van der Waals surface area contributed by atoms with Gasteiger partial charge >= 0.3 is 0 Å². The van der Waals surface area contributed by atoms with Crippen LogP contribution >= 0.6 is 0 Å². The van der Waals surface area contributed by atoms with Gasteiger partial charge in [-0.1, -0.05) is 23.3 Å². The van der Waals surface area contributed by atoms with E-state index in [2.05, 4.69) is 15.7 Å². The number of hydrogen-bond donors (Lipinski definition) is 1. The van der Waals surface area contributed by atoms with Crippen LogP contribution in [0.1, 0.15) is 0 Å². The molecule has 12 heavy (non-hydrogen) atoms. The third kappa shape index (κ3) is 1.42. The molecule has 4 heteroatoms. The van der Waals surface area contributed by atoms with Crippen molar-refractivity contribution < 1.29 is 9.62 Å². The van der Waals surface area contributed by atoms with Gasteiger partial charge in [0.2, 0.25) is 0 Å². The molecule has 0 atom stereocenters. The van der Waals surface area contributed by atoms with Gasteiger partial charge in [-0.15, -0.1) is 0 Å². The first-order chi connectivity index (χ1) is 5.95. The average molecular weight is 162 g/mol. The summed E-state index contributed by atoms with van der Waals surface area (Å²) in [4.78, 5) is 0. The van der Waals surface area contributed by atoms with E-state index in [9.17, 15) is 0 Å². The fourth-order valence-corrected chi connectivity index (χ4v) is 0.910. The Morgan fingerprint density at radius 1 is 1.25 bits per heavy atom. The lowest BCUT2D eigenvalue weighted by molar-refractivity contribution is -0.471. The second-order valence-corrected chi connectivity index (χ2v) is 2.31. The van der Waals surface area contributed by atoms with Crippen LogP contribution in [-0.2, 0) is 0 Å². The number of hydrogen-bond acceptors (Lipinski definition) is 3. The maximum absolute atomic E-state index is 4.82. The zero-order valence-electron chi connectivity index (χ0n) is 6.32. The van der Waals surface area contributed by atoms with Crippen LogP contribution < -0.4 is 10.4 Å². The molecule has 0 aliphatic heterocycles. The minimum absolute atomic E-state index is 0.598. The summed E-state index contributed by atoms with van der Waals surface area (Å²) in [7, 11) is 0. The molecule has 2 N–H and O–H groups in total. The van der Waals surface area contributed by atoms with E-state index in [1.807, 2.05) is 30.3 Å². The lowest BCUT2D eigenvalue weighted by atomic mass is 10.3. The zero-order chi connectivity index (χ0) is 8.23. The summed E-state index contributed by atoms with van der Waals surface area (Å²) in [5, 5.41) is 9.05. The van der Waals surface area contributed by atoms with E-state index in [4.69, 9.17) is 4.52 Å². The third-order valence-corrected chi connectivity index (χ3v) is 1.43. The van der Waals surface area contributed by atoms with Crippen LogP contribution in [0.2, 0.25) is 0 Å². The summed E-state index contributed by atoms with van der Waals surface area (Å²) in [5.74, 6) is 0.598. The molecule has 0 aliphatic rings. The predicted molar refractivity (Wildman–Crippen MR) is 42.8 cm³/mol. The van der Waals surface area contributed by atoms with Gasteiger partial charge in [-0.05, 0) is 12.1 Å². The van der Waals surface area contributed by atoms with Crippen LogP contribution in [0.3, 0.4) is 0 Å². The summed E-state index contributed by atoms with van der Waals surface area (Å²) < 4.78 is 4.82. The van der Waals surface area contributed by atoms with Gasteiger partial charge < -0.3 is 5.32 Å². The number of nitrogens with one attached hydrogen (secondary N) is 2. The molecule has 2 rings (SSSR count).